The van der Waals surface area contributed by atoms with Crippen LogP contribution in [0.1, 0.15) is 13.8 Å². The van der Waals surface area contributed by atoms with Crippen molar-refractivity contribution in [1.82, 2.24) is 0 Å². The lowest BCUT2D eigenvalue weighted by Crippen LogP contribution is -2.52. The van der Waals surface area contributed by atoms with Crippen molar-refractivity contribution in [2.75, 3.05) is 37.0 Å². The van der Waals surface area contributed by atoms with Crippen LogP contribution in [0.2, 0.25) is 0 Å². The van der Waals surface area contributed by atoms with Gasteiger partial charge in [0, 0.05) is 24.6 Å². The third-order valence-electron chi connectivity index (χ3n) is 3.05. The summed E-state index contributed by atoms with van der Waals surface area (Å²) in [5.74, 6) is 0. The quantitative estimate of drug-likeness (QED) is 0.824. The molecule has 1 aromatic carbocycles. The molecule has 1 aliphatic rings. The number of benzene rings is 1. The van der Waals surface area contributed by atoms with Crippen molar-refractivity contribution in [2.24, 2.45) is 0 Å². The molecule has 0 aliphatic carbocycles. The van der Waals surface area contributed by atoms with Crippen LogP contribution < -0.4 is 10.6 Å². The van der Waals surface area contributed by atoms with Crippen molar-refractivity contribution in [3.05, 3.63) is 24.3 Å². The standard InChI is InChI=1S/C14H22N2O3/c1-3-17-13-10-19-14(18-4-2)9-16(13)12-7-5-11(15)6-8-12/h5-8,13-14H,3-4,9-10,15H2,1-2H3. The third-order valence-corrected chi connectivity index (χ3v) is 3.05. The van der Waals surface area contributed by atoms with Crippen molar-refractivity contribution in [1.29, 1.82) is 0 Å². The van der Waals surface area contributed by atoms with Gasteiger partial charge in [-0.1, -0.05) is 0 Å². The summed E-state index contributed by atoms with van der Waals surface area (Å²) >= 11 is 0. The molecule has 0 spiro atoms. The van der Waals surface area contributed by atoms with E-state index in [1.807, 2.05) is 38.1 Å². The summed E-state index contributed by atoms with van der Waals surface area (Å²) in [6.45, 7) is 6.39. The number of hydrogen-bond acceptors (Lipinski definition) is 5. The zero-order valence-corrected chi connectivity index (χ0v) is 11.5. The number of nitrogens with zero attached hydrogens (tertiary/aromatic N) is 1. The van der Waals surface area contributed by atoms with E-state index in [2.05, 4.69) is 4.90 Å². The minimum absolute atomic E-state index is 0.0784. The summed E-state index contributed by atoms with van der Waals surface area (Å²) < 4.78 is 16.9. The van der Waals surface area contributed by atoms with E-state index >= 15 is 0 Å². The Bertz CT molecular complexity index is 383. The van der Waals surface area contributed by atoms with Gasteiger partial charge in [0.2, 0.25) is 0 Å². The maximum Gasteiger partial charge on any atom is 0.175 e. The van der Waals surface area contributed by atoms with Gasteiger partial charge >= 0.3 is 0 Å². The van der Waals surface area contributed by atoms with Gasteiger partial charge in [0.1, 0.15) is 0 Å². The highest BCUT2D eigenvalue weighted by Crippen LogP contribution is 2.24. The molecule has 0 amide bonds. The van der Waals surface area contributed by atoms with Crippen molar-refractivity contribution < 1.29 is 14.2 Å². The zero-order chi connectivity index (χ0) is 13.7. The average molecular weight is 266 g/mol. The number of nitrogen functional groups attached to an aromatic ring is 1. The first-order valence-corrected chi connectivity index (χ1v) is 6.71. The normalized spacial score (nSPS) is 23.6. The highest BCUT2D eigenvalue weighted by molar-refractivity contribution is 5.53. The fraction of sp³-hybridized carbons (Fsp3) is 0.571. The molecule has 2 N–H and O–H groups in total. The van der Waals surface area contributed by atoms with E-state index in [0.717, 1.165) is 11.4 Å². The van der Waals surface area contributed by atoms with Crippen LogP contribution in [-0.2, 0) is 14.2 Å². The molecule has 5 nitrogen and oxygen atoms in total. The van der Waals surface area contributed by atoms with E-state index in [1.165, 1.54) is 0 Å². The van der Waals surface area contributed by atoms with E-state index in [9.17, 15) is 0 Å². The Hall–Kier alpha value is -1.30. The second-order valence-corrected chi connectivity index (χ2v) is 4.37. The van der Waals surface area contributed by atoms with Gasteiger partial charge in [-0.05, 0) is 38.1 Å². The van der Waals surface area contributed by atoms with Crippen molar-refractivity contribution in [3.63, 3.8) is 0 Å². The summed E-state index contributed by atoms with van der Waals surface area (Å²) in [6, 6.07) is 7.78. The number of hydrogen-bond donors (Lipinski definition) is 1. The van der Waals surface area contributed by atoms with Gasteiger partial charge in [-0.2, -0.15) is 0 Å². The average Bonchev–Trinajstić information content (AvgIpc) is 2.42. The second kappa shape index (κ2) is 6.75. The number of anilines is 2. The summed E-state index contributed by atoms with van der Waals surface area (Å²) in [5, 5.41) is 0. The van der Waals surface area contributed by atoms with Gasteiger partial charge in [0.15, 0.2) is 12.5 Å². The Morgan fingerprint density at radius 3 is 2.53 bits per heavy atom. The predicted octanol–water partition coefficient (Wildman–Crippen LogP) is 1.83. The summed E-state index contributed by atoms with van der Waals surface area (Å²) in [6.07, 6.45) is -0.287. The molecule has 1 saturated heterocycles. The van der Waals surface area contributed by atoms with Gasteiger partial charge in [-0.3, -0.25) is 0 Å². The van der Waals surface area contributed by atoms with Crippen LogP contribution in [-0.4, -0.2) is 38.9 Å². The van der Waals surface area contributed by atoms with E-state index in [-0.39, 0.29) is 12.5 Å². The molecular formula is C14H22N2O3. The molecule has 106 valence electrons. The molecule has 0 radical (unpaired) electrons. The van der Waals surface area contributed by atoms with Gasteiger partial charge < -0.3 is 24.8 Å². The topological polar surface area (TPSA) is 57.0 Å². The zero-order valence-electron chi connectivity index (χ0n) is 11.5. The minimum atomic E-state index is -0.209. The summed E-state index contributed by atoms with van der Waals surface area (Å²) in [7, 11) is 0. The lowest BCUT2D eigenvalue weighted by Gasteiger charge is -2.40. The number of rotatable bonds is 5. The Balaban J connectivity index is 2.12. The third kappa shape index (κ3) is 3.59. The molecule has 1 heterocycles. The molecule has 0 saturated carbocycles. The van der Waals surface area contributed by atoms with Crippen molar-refractivity contribution in [2.45, 2.75) is 26.4 Å². The SMILES string of the molecule is CCOC1CN(c2ccc(N)cc2)C(OCC)CO1. The molecule has 0 aromatic heterocycles. The van der Waals surface area contributed by atoms with Crippen LogP contribution in [0.3, 0.4) is 0 Å². The van der Waals surface area contributed by atoms with Gasteiger partial charge in [0.25, 0.3) is 0 Å². The Kier molecular flexibility index (Phi) is 5.01. The first-order valence-electron chi connectivity index (χ1n) is 6.71. The van der Waals surface area contributed by atoms with Crippen molar-refractivity contribution >= 4 is 11.4 Å². The number of ether oxygens (including phenoxy) is 3. The Morgan fingerprint density at radius 2 is 1.89 bits per heavy atom. The van der Waals surface area contributed by atoms with Gasteiger partial charge in [-0.25, -0.2) is 0 Å². The second-order valence-electron chi connectivity index (χ2n) is 4.37. The largest absolute Gasteiger partial charge is 0.399 e. The summed E-state index contributed by atoms with van der Waals surface area (Å²) in [4.78, 5) is 2.16. The number of morpholine rings is 1. The Labute approximate surface area is 114 Å². The van der Waals surface area contributed by atoms with Crippen LogP contribution in [0.15, 0.2) is 24.3 Å². The summed E-state index contributed by atoms with van der Waals surface area (Å²) in [5.41, 5.74) is 7.55. The molecule has 0 bridgehead atoms. The maximum atomic E-state index is 5.73. The lowest BCUT2D eigenvalue weighted by molar-refractivity contribution is -0.179. The van der Waals surface area contributed by atoms with E-state index < -0.39 is 0 Å². The van der Waals surface area contributed by atoms with Crippen LogP contribution in [0.25, 0.3) is 0 Å². The fourth-order valence-corrected chi connectivity index (χ4v) is 2.17. The highest BCUT2D eigenvalue weighted by Gasteiger charge is 2.29. The van der Waals surface area contributed by atoms with Crippen LogP contribution in [0.5, 0.6) is 0 Å². The maximum absolute atomic E-state index is 5.73. The van der Waals surface area contributed by atoms with Gasteiger partial charge in [0.05, 0.1) is 13.2 Å². The molecule has 1 fully saturated rings. The first kappa shape index (κ1) is 14.1. The molecule has 1 aromatic rings. The van der Waals surface area contributed by atoms with Crippen LogP contribution >= 0.6 is 0 Å². The molecular weight excluding hydrogens is 244 g/mol. The highest BCUT2D eigenvalue weighted by atomic mass is 16.7. The van der Waals surface area contributed by atoms with Crippen LogP contribution in [0, 0.1) is 0 Å². The molecule has 2 atom stereocenters. The molecule has 2 unspecified atom stereocenters. The lowest BCUT2D eigenvalue weighted by atomic mass is 10.2. The van der Waals surface area contributed by atoms with E-state index in [4.69, 9.17) is 19.9 Å². The van der Waals surface area contributed by atoms with E-state index in [0.29, 0.717) is 26.4 Å². The number of nitrogens with two attached hydrogens (primary N) is 1. The molecule has 2 rings (SSSR count). The monoisotopic (exact) mass is 266 g/mol. The predicted molar refractivity (Wildman–Crippen MR) is 75.0 cm³/mol. The molecule has 1 aliphatic heterocycles. The fourth-order valence-electron chi connectivity index (χ4n) is 2.17. The Morgan fingerprint density at radius 1 is 1.21 bits per heavy atom. The molecule has 5 heteroatoms. The first-order chi connectivity index (χ1) is 9.24. The minimum Gasteiger partial charge on any atom is -0.399 e. The van der Waals surface area contributed by atoms with Crippen LogP contribution in [0.4, 0.5) is 11.4 Å². The van der Waals surface area contributed by atoms with Gasteiger partial charge in [-0.15, -0.1) is 0 Å². The van der Waals surface area contributed by atoms with Crippen molar-refractivity contribution in [3.8, 4) is 0 Å². The van der Waals surface area contributed by atoms with E-state index in [1.54, 1.807) is 0 Å². The smallest absolute Gasteiger partial charge is 0.175 e. The molecule has 19 heavy (non-hydrogen) atoms.